The number of aromatic hydroxyl groups is 1. The maximum absolute atomic E-state index is 12.9. The van der Waals surface area contributed by atoms with Gasteiger partial charge in [-0.1, -0.05) is 22.0 Å². The van der Waals surface area contributed by atoms with Gasteiger partial charge in [0, 0.05) is 30.7 Å². The fourth-order valence-electron chi connectivity index (χ4n) is 3.00. The summed E-state index contributed by atoms with van der Waals surface area (Å²) >= 11 is 3.29. The van der Waals surface area contributed by atoms with Gasteiger partial charge in [-0.3, -0.25) is 4.79 Å². The number of halogens is 1. The lowest BCUT2D eigenvalue weighted by molar-refractivity contribution is 0.0695. The van der Waals surface area contributed by atoms with E-state index >= 15 is 0 Å². The number of carbonyl (C=O) groups is 1. The Morgan fingerprint density at radius 2 is 1.67 bits per heavy atom. The molecule has 0 aliphatic carbocycles. The van der Waals surface area contributed by atoms with E-state index in [-0.39, 0.29) is 48.3 Å². The summed E-state index contributed by atoms with van der Waals surface area (Å²) in [5.74, 6) is -0.398. The van der Waals surface area contributed by atoms with Gasteiger partial charge >= 0.3 is 0 Å². The Balaban J connectivity index is 1.73. The van der Waals surface area contributed by atoms with Gasteiger partial charge in [-0.05, 0) is 55.3 Å². The SMILES string of the molecule is Cc1ccc(S(=O)(=O)N2CCN(C(=O)c3cc(Br)ccc3O)CC2)cc1C. The first-order chi connectivity index (χ1) is 12.7. The van der Waals surface area contributed by atoms with Crippen LogP contribution < -0.4 is 0 Å². The predicted molar refractivity (Wildman–Crippen MR) is 106 cm³/mol. The number of carbonyl (C=O) groups excluding carboxylic acids is 1. The number of phenolic OH excluding ortho intramolecular Hbond substituents is 1. The molecule has 0 unspecified atom stereocenters. The van der Waals surface area contributed by atoms with E-state index in [1.807, 2.05) is 13.8 Å². The summed E-state index contributed by atoms with van der Waals surface area (Å²) in [4.78, 5) is 14.5. The lowest BCUT2D eigenvalue weighted by Gasteiger charge is -2.34. The van der Waals surface area contributed by atoms with Gasteiger partial charge in [0.05, 0.1) is 10.5 Å². The average molecular weight is 453 g/mol. The molecule has 1 aliphatic heterocycles. The lowest BCUT2D eigenvalue weighted by atomic mass is 10.1. The zero-order chi connectivity index (χ0) is 19.8. The fraction of sp³-hybridized carbons (Fsp3) is 0.316. The molecule has 0 spiro atoms. The first-order valence-corrected chi connectivity index (χ1v) is 10.8. The maximum Gasteiger partial charge on any atom is 0.257 e. The largest absolute Gasteiger partial charge is 0.507 e. The summed E-state index contributed by atoms with van der Waals surface area (Å²) < 4.78 is 27.8. The van der Waals surface area contributed by atoms with Crippen molar-refractivity contribution in [1.82, 2.24) is 9.21 Å². The van der Waals surface area contributed by atoms with E-state index < -0.39 is 10.0 Å². The Morgan fingerprint density at radius 1 is 1.00 bits per heavy atom. The summed E-state index contributed by atoms with van der Waals surface area (Å²) in [6, 6.07) is 9.78. The van der Waals surface area contributed by atoms with E-state index in [1.54, 1.807) is 35.2 Å². The van der Waals surface area contributed by atoms with Crippen LogP contribution in [0.5, 0.6) is 5.75 Å². The van der Waals surface area contributed by atoms with Crippen LogP contribution in [0, 0.1) is 13.8 Å². The highest BCUT2D eigenvalue weighted by Gasteiger charge is 2.31. The van der Waals surface area contributed by atoms with E-state index in [1.165, 1.54) is 10.4 Å². The fourth-order valence-corrected chi connectivity index (χ4v) is 4.87. The Bertz CT molecular complexity index is 983. The van der Waals surface area contributed by atoms with Crippen LogP contribution in [0.4, 0.5) is 0 Å². The highest BCUT2D eigenvalue weighted by molar-refractivity contribution is 9.10. The van der Waals surface area contributed by atoms with Crippen molar-refractivity contribution in [2.24, 2.45) is 0 Å². The highest BCUT2D eigenvalue weighted by Crippen LogP contribution is 2.25. The highest BCUT2D eigenvalue weighted by atomic mass is 79.9. The van der Waals surface area contributed by atoms with Gasteiger partial charge in [-0.15, -0.1) is 0 Å². The van der Waals surface area contributed by atoms with E-state index in [2.05, 4.69) is 15.9 Å². The Kier molecular flexibility index (Phi) is 5.60. The van der Waals surface area contributed by atoms with Gasteiger partial charge in [-0.2, -0.15) is 4.31 Å². The number of benzene rings is 2. The van der Waals surface area contributed by atoms with Crippen LogP contribution in [0.3, 0.4) is 0 Å². The minimum atomic E-state index is -3.59. The number of aryl methyl sites for hydroxylation is 2. The summed E-state index contributed by atoms with van der Waals surface area (Å²) in [5, 5.41) is 9.94. The van der Waals surface area contributed by atoms with Crippen molar-refractivity contribution in [3.8, 4) is 5.75 Å². The van der Waals surface area contributed by atoms with Crippen molar-refractivity contribution >= 4 is 31.9 Å². The van der Waals surface area contributed by atoms with Crippen molar-refractivity contribution in [1.29, 1.82) is 0 Å². The average Bonchev–Trinajstić information content (AvgIpc) is 2.65. The van der Waals surface area contributed by atoms with Crippen LogP contribution in [0.2, 0.25) is 0 Å². The summed E-state index contributed by atoms with van der Waals surface area (Å²) in [6.07, 6.45) is 0. The molecule has 0 bridgehead atoms. The molecule has 0 saturated carbocycles. The van der Waals surface area contributed by atoms with Crippen LogP contribution in [0.25, 0.3) is 0 Å². The van der Waals surface area contributed by atoms with E-state index in [4.69, 9.17) is 0 Å². The van der Waals surface area contributed by atoms with Crippen LogP contribution in [0.15, 0.2) is 45.8 Å². The molecule has 8 heteroatoms. The summed E-state index contributed by atoms with van der Waals surface area (Å²) in [6.45, 7) is 4.80. The molecule has 2 aromatic carbocycles. The molecule has 2 aromatic rings. The van der Waals surface area contributed by atoms with Crippen LogP contribution >= 0.6 is 15.9 Å². The van der Waals surface area contributed by atoms with Crippen LogP contribution in [-0.4, -0.2) is 54.8 Å². The second kappa shape index (κ2) is 7.61. The van der Waals surface area contributed by atoms with Gasteiger partial charge in [0.25, 0.3) is 5.91 Å². The van der Waals surface area contributed by atoms with E-state index in [0.29, 0.717) is 4.47 Å². The Hall–Kier alpha value is -1.90. The number of piperazine rings is 1. The maximum atomic E-state index is 12.9. The molecule has 1 heterocycles. The quantitative estimate of drug-likeness (QED) is 0.776. The van der Waals surface area contributed by atoms with E-state index in [9.17, 15) is 18.3 Å². The number of rotatable bonds is 3. The first kappa shape index (κ1) is 19.9. The molecule has 0 aromatic heterocycles. The Morgan fingerprint density at radius 3 is 2.30 bits per heavy atom. The normalized spacial score (nSPS) is 15.7. The van der Waals surface area contributed by atoms with Gasteiger partial charge in [0.1, 0.15) is 5.75 Å². The summed E-state index contributed by atoms with van der Waals surface area (Å²) in [5.41, 5.74) is 2.17. The molecular weight excluding hydrogens is 432 g/mol. The lowest BCUT2D eigenvalue weighted by Crippen LogP contribution is -2.50. The van der Waals surface area contributed by atoms with Crippen molar-refractivity contribution in [2.45, 2.75) is 18.7 Å². The Labute approximate surface area is 167 Å². The smallest absolute Gasteiger partial charge is 0.257 e. The summed E-state index contributed by atoms with van der Waals surface area (Å²) in [7, 11) is -3.59. The van der Waals surface area contributed by atoms with Crippen molar-refractivity contribution < 1.29 is 18.3 Å². The molecule has 1 N–H and O–H groups in total. The number of sulfonamides is 1. The number of hydrogen-bond donors (Lipinski definition) is 1. The molecule has 0 atom stereocenters. The van der Waals surface area contributed by atoms with Crippen LogP contribution in [0.1, 0.15) is 21.5 Å². The zero-order valence-electron chi connectivity index (χ0n) is 15.1. The van der Waals surface area contributed by atoms with Gasteiger partial charge in [0.2, 0.25) is 10.0 Å². The molecular formula is C19H21BrN2O4S. The van der Waals surface area contributed by atoms with Crippen molar-refractivity contribution in [2.75, 3.05) is 26.2 Å². The minimum absolute atomic E-state index is 0.0895. The number of amides is 1. The van der Waals surface area contributed by atoms with E-state index in [0.717, 1.165) is 11.1 Å². The molecule has 1 fully saturated rings. The van der Waals surface area contributed by atoms with Crippen molar-refractivity contribution in [3.05, 3.63) is 57.6 Å². The third kappa shape index (κ3) is 4.02. The third-order valence-corrected chi connectivity index (χ3v) is 7.22. The monoisotopic (exact) mass is 452 g/mol. The minimum Gasteiger partial charge on any atom is -0.507 e. The van der Waals surface area contributed by atoms with Gasteiger partial charge in [-0.25, -0.2) is 8.42 Å². The molecule has 0 radical (unpaired) electrons. The van der Waals surface area contributed by atoms with Crippen molar-refractivity contribution in [3.63, 3.8) is 0 Å². The van der Waals surface area contributed by atoms with Gasteiger partial charge < -0.3 is 10.0 Å². The van der Waals surface area contributed by atoms with Crippen LogP contribution in [-0.2, 0) is 10.0 Å². The number of nitrogens with zero attached hydrogens (tertiary/aromatic N) is 2. The number of phenols is 1. The first-order valence-electron chi connectivity index (χ1n) is 8.55. The third-order valence-electron chi connectivity index (χ3n) is 4.83. The van der Waals surface area contributed by atoms with Gasteiger partial charge in [0.15, 0.2) is 0 Å². The second-order valence-corrected chi connectivity index (χ2v) is 9.46. The predicted octanol–water partition coefficient (Wildman–Crippen LogP) is 2.92. The standard InChI is InChI=1S/C19H21BrN2O4S/c1-13-3-5-16(11-14(13)2)27(25,26)22-9-7-21(8-10-22)19(24)17-12-15(20)4-6-18(17)23/h3-6,11-12,23H,7-10H2,1-2H3. The molecule has 3 rings (SSSR count). The molecule has 144 valence electrons. The molecule has 1 aliphatic rings. The molecule has 27 heavy (non-hydrogen) atoms. The zero-order valence-corrected chi connectivity index (χ0v) is 17.5. The molecule has 1 saturated heterocycles. The topological polar surface area (TPSA) is 77.9 Å². The second-order valence-electron chi connectivity index (χ2n) is 6.60. The molecule has 6 nitrogen and oxygen atoms in total. The molecule has 1 amide bonds. The number of hydrogen-bond acceptors (Lipinski definition) is 4.